The Bertz CT molecular complexity index is 654. The molecule has 0 aromatic rings. The zero-order chi connectivity index (χ0) is 20.4. The number of hydrogen-bond acceptors (Lipinski definition) is 6. The second kappa shape index (κ2) is 10.9. The summed E-state index contributed by atoms with van der Waals surface area (Å²) in [6, 6.07) is -1.81. The van der Waals surface area contributed by atoms with Gasteiger partial charge in [-0.2, -0.15) is 0 Å². The van der Waals surface area contributed by atoms with Crippen LogP contribution < -0.4 is 21.7 Å². The first-order valence-electron chi connectivity index (χ1n) is 8.44. The normalized spacial score (nSPS) is 22.3. The van der Waals surface area contributed by atoms with Gasteiger partial charge in [0.05, 0.1) is 12.6 Å². The van der Waals surface area contributed by atoms with E-state index in [0.717, 1.165) is 0 Å². The van der Waals surface area contributed by atoms with E-state index >= 15 is 0 Å². The Balaban J connectivity index is 2.83. The Morgan fingerprint density at radius 1 is 1.22 bits per heavy atom. The number of azide groups is 2. The molecule has 1 aliphatic rings. The average Bonchev–Trinajstić information content (AvgIpc) is 3.03. The molecule has 148 valence electrons. The third-order valence-electron chi connectivity index (χ3n) is 4.18. The Morgan fingerprint density at radius 3 is 2.41 bits per heavy atom. The fourth-order valence-electron chi connectivity index (χ4n) is 2.90. The molecule has 1 rings (SSSR count). The van der Waals surface area contributed by atoms with Crippen LogP contribution in [0.25, 0.3) is 20.9 Å². The van der Waals surface area contributed by atoms with Gasteiger partial charge in [0.25, 0.3) is 0 Å². The van der Waals surface area contributed by atoms with E-state index in [9.17, 15) is 14.4 Å². The van der Waals surface area contributed by atoms with Crippen LogP contribution in [0.2, 0.25) is 0 Å². The fraction of sp³-hybridized carbons (Fsp3) is 0.786. The highest BCUT2D eigenvalue weighted by Gasteiger charge is 2.39. The molecule has 1 saturated heterocycles. The van der Waals surface area contributed by atoms with E-state index in [1.807, 2.05) is 0 Å². The second-order valence-electron chi connectivity index (χ2n) is 6.58. The largest absolute Gasteiger partial charge is 0.368 e. The molecule has 0 aliphatic carbocycles. The SMILES string of the molecule is CC(C)[C@H](NC(=O)[C@H]1N[C@H](CN=[N+]=[N-])C[C@@H]1CN=[N+]=[N-])C(=O)NCC(N)=O. The molecule has 0 aromatic heterocycles. The molecule has 1 fully saturated rings. The highest BCUT2D eigenvalue weighted by Crippen LogP contribution is 2.22. The summed E-state index contributed by atoms with van der Waals surface area (Å²) in [6.45, 7) is 3.42. The van der Waals surface area contributed by atoms with Crippen LogP contribution in [0, 0.1) is 11.8 Å². The number of hydrogen-bond donors (Lipinski definition) is 4. The number of nitrogens with one attached hydrogen (secondary N) is 3. The Labute approximate surface area is 155 Å². The van der Waals surface area contributed by atoms with Gasteiger partial charge in [0.15, 0.2) is 0 Å². The van der Waals surface area contributed by atoms with E-state index < -0.39 is 29.8 Å². The number of rotatable bonds is 10. The van der Waals surface area contributed by atoms with E-state index in [1.54, 1.807) is 13.8 Å². The molecule has 0 aromatic carbocycles. The first-order chi connectivity index (χ1) is 12.8. The van der Waals surface area contributed by atoms with Crippen molar-refractivity contribution in [3.63, 3.8) is 0 Å². The summed E-state index contributed by atoms with van der Waals surface area (Å²) in [5, 5.41) is 15.1. The summed E-state index contributed by atoms with van der Waals surface area (Å²) in [5.74, 6) is -2.19. The molecule has 0 spiro atoms. The van der Waals surface area contributed by atoms with Gasteiger partial charge in [0.2, 0.25) is 17.7 Å². The van der Waals surface area contributed by atoms with E-state index in [0.29, 0.717) is 6.42 Å². The molecule has 13 nitrogen and oxygen atoms in total. The van der Waals surface area contributed by atoms with Gasteiger partial charge in [0, 0.05) is 29.0 Å². The summed E-state index contributed by atoms with van der Waals surface area (Å²) in [5.41, 5.74) is 22.0. The van der Waals surface area contributed by atoms with Crippen molar-refractivity contribution >= 4 is 17.7 Å². The van der Waals surface area contributed by atoms with Crippen molar-refractivity contribution < 1.29 is 14.4 Å². The number of nitrogens with zero attached hydrogens (tertiary/aromatic N) is 6. The van der Waals surface area contributed by atoms with E-state index in [2.05, 4.69) is 36.0 Å². The minimum atomic E-state index is -0.866. The van der Waals surface area contributed by atoms with Crippen LogP contribution in [0.4, 0.5) is 0 Å². The van der Waals surface area contributed by atoms with Crippen molar-refractivity contribution in [1.82, 2.24) is 16.0 Å². The quantitative estimate of drug-likeness (QED) is 0.228. The van der Waals surface area contributed by atoms with Crippen LogP contribution in [0.3, 0.4) is 0 Å². The minimum Gasteiger partial charge on any atom is -0.368 e. The van der Waals surface area contributed by atoms with Gasteiger partial charge in [-0.15, -0.1) is 0 Å². The summed E-state index contributed by atoms with van der Waals surface area (Å²) in [4.78, 5) is 41.2. The molecule has 0 radical (unpaired) electrons. The molecule has 27 heavy (non-hydrogen) atoms. The van der Waals surface area contributed by atoms with Gasteiger partial charge in [-0.05, 0) is 29.3 Å². The lowest BCUT2D eigenvalue weighted by Crippen LogP contribution is -2.56. The molecule has 0 unspecified atom stereocenters. The van der Waals surface area contributed by atoms with Gasteiger partial charge < -0.3 is 21.7 Å². The molecule has 3 amide bonds. The van der Waals surface area contributed by atoms with Crippen molar-refractivity contribution in [3.8, 4) is 0 Å². The predicted molar refractivity (Wildman–Crippen MR) is 95.8 cm³/mol. The molecular formula is C14H24N10O3. The number of primary amides is 1. The van der Waals surface area contributed by atoms with Crippen LogP contribution in [0.5, 0.6) is 0 Å². The molecule has 1 heterocycles. The lowest BCUT2D eigenvalue weighted by Gasteiger charge is -2.25. The molecule has 4 atom stereocenters. The Morgan fingerprint density at radius 2 is 1.85 bits per heavy atom. The first-order valence-corrected chi connectivity index (χ1v) is 8.44. The van der Waals surface area contributed by atoms with Gasteiger partial charge in [-0.25, -0.2) is 0 Å². The molecule has 1 aliphatic heterocycles. The maximum absolute atomic E-state index is 12.7. The monoisotopic (exact) mass is 380 g/mol. The topological polar surface area (TPSA) is 211 Å². The predicted octanol–water partition coefficient (Wildman–Crippen LogP) is -0.304. The molecular weight excluding hydrogens is 356 g/mol. The van der Waals surface area contributed by atoms with Crippen molar-refractivity contribution in [2.24, 2.45) is 27.8 Å². The Kier molecular flexibility index (Phi) is 8.86. The van der Waals surface area contributed by atoms with Crippen LogP contribution in [0.15, 0.2) is 10.2 Å². The third kappa shape index (κ3) is 7.02. The van der Waals surface area contributed by atoms with Crippen molar-refractivity contribution in [2.75, 3.05) is 19.6 Å². The van der Waals surface area contributed by atoms with E-state index in [4.69, 9.17) is 16.8 Å². The zero-order valence-electron chi connectivity index (χ0n) is 15.2. The number of amides is 3. The molecule has 5 N–H and O–H groups in total. The zero-order valence-corrected chi connectivity index (χ0v) is 15.2. The minimum absolute atomic E-state index is 0.0918. The first kappa shape index (κ1) is 22.0. The van der Waals surface area contributed by atoms with Crippen LogP contribution in [0.1, 0.15) is 20.3 Å². The van der Waals surface area contributed by atoms with Crippen LogP contribution in [-0.2, 0) is 14.4 Å². The highest BCUT2D eigenvalue weighted by molar-refractivity contribution is 5.92. The number of carbonyl (C=O) groups is 3. The van der Waals surface area contributed by atoms with Gasteiger partial charge in [0.1, 0.15) is 6.04 Å². The summed E-state index contributed by atoms with van der Waals surface area (Å²) >= 11 is 0. The summed E-state index contributed by atoms with van der Waals surface area (Å²) in [7, 11) is 0. The molecule has 0 bridgehead atoms. The van der Waals surface area contributed by atoms with E-state index in [1.165, 1.54) is 0 Å². The molecule has 13 heteroatoms. The smallest absolute Gasteiger partial charge is 0.243 e. The maximum Gasteiger partial charge on any atom is 0.243 e. The standard InChI is InChI=1S/C14H24N10O3/c1-7(2)11(13(26)18-6-10(15)25)22-14(27)12-8(4-19-23-16)3-9(21-12)5-20-24-17/h7-9,11-12,21H,3-6H2,1-2H3,(H2,15,25)(H,18,26)(H,22,27)/t8-,9+,11+,12+/m1/s1. The van der Waals surface area contributed by atoms with Gasteiger partial charge in [-0.3, -0.25) is 14.4 Å². The fourth-order valence-corrected chi connectivity index (χ4v) is 2.90. The van der Waals surface area contributed by atoms with Crippen LogP contribution >= 0.6 is 0 Å². The van der Waals surface area contributed by atoms with Gasteiger partial charge >= 0.3 is 0 Å². The average molecular weight is 380 g/mol. The third-order valence-corrected chi connectivity index (χ3v) is 4.18. The lowest BCUT2D eigenvalue weighted by molar-refractivity contribution is -0.132. The number of carbonyl (C=O) groups excluding carboxylic acids is 3. The molecule has 0 saturated carbocycles. The van der Waals surface area contributed by atoms with Crippen molar-refractivity contribution in [1.29, 1.82) is 0 Å². The Hall–Kier alpha value is -3.01. The van der Waals surface area contributed by atoms with E-state index in [-0.39, 0.29) is 37.5 Å². The highest BCUT2D eigenvalue weighted by atomic mass is 16.2. The lowest BCUT2D eigenvalue weighted by atomic mass is 9.97. The maximum atomic E-state index is 12.7. The van der Waals surface area contributed by atoms with Crippen molar-refractivity contribution in [2.45, 2.75) is 38.4 Å². The second-order valence-corrected chi connectivity index (χ2v) is 6.58. The number of nitrogens with two attached hydrogens (primary N) is 1. The summed E-state index contributed by atoms with van der Waals surface area (Å²) in [6.07, 6.45) is 0.482. The van der Waals surface area contributed by atoms with Gasteiger partial charge in [-0.1, -0.05) is 24.1 Å². The van der Waals surface area contributed by atoms with Crippen molar-refractivity contribution in [3.05, 3.63) is 20.9 Å². The van der Waals surface area contributed by atoms with Crippen LogP contribution in [-0.4, -0.2) is 55.5 Å². The summed E-state index contributed by atoms with van der Waals surface area (Å²) < 4.78 is 0.